The lowest BCUT2D eigenvalue weighted by atomic mass is 10.2. The molecular formula is C11H6Cl2N2. The van der Waals surface area contributed by atoms with Gasteiger partial charge in [0.25, 0.3) is 0 Å². The smallest absolute Gasteiger partial charge is 0.153 e. The molecule has 0 amide bonds. The second-order valence-corrected chi connectivity index (χ2v) is 4.08. The first-order valence-electron chi connectivity index (χ1n) is 4.48. The number of hydrogen-bond donors (Lipinski definition) is 1. The standard InChI is InChI=1S/C11H6Cl2N2/c12-7-2-1-3-8-9(7)6-4-5-14-11(13)10(6)15-8/h1-5,15H. The van der Waals surface area contributed by atoms with Gasteiger partial charge in [0.15, 0.2) is 5.15 Å². The van der Waals surface area contributed by atoms with Crippen LogP contribution in [0.4, 0.5) is 0 Å². The minimum Gasteiger partial charge on any atom is -0.352 e. The summed E-state index contributed by atoms with van der Waals surface area (Å²) in [4.78, 5) is 7.23. The summed E-state index contributed by atoms with van der Waals surface area (Å²) in [5.41, 5.74) is 1.81. The Kier molecular flexibility index (Phi) is 1.87. The summed E-state index contributed by atoms with van der Waals surface area (Å²) in [6.07, 6.45) is 1.68. The molecule has 74 valence electrons. The van der Waals surface area contributed by atoms with E-state index in [4.69, 9.17) is 23.2 Å². The molecule has 0 radical (unpaired) electrons. The molecule has 0 aliphatic rings. The predicted octanol–water partition coefficient (Wildman–Crippen LogP) is 4.02. The summed E-state index contributed by atoms with van der Waals surface area (Å²) in [5, 5.41) is 3.20. The zero-order valence-corrected chi connectivity index (χ0v) is 9.10. The molecule has 15 heavy (non-hydrogen) atoms. The average molecular weight is 237 g/mol. The molecular weight excluding hydrogens is 231 g/mol. The molecule has 0 unspecified atom stereocenters. The molecule has 2 aromatic heterocycles. The molecule has 4 heteroatoms. The van der Waals surface area contributed by atoms with Crippen LogP contribution in [0.25, 0.3) is 21.8 Å². The first kappa shape index (κ1) is 9.01. The fraction of sp³-hybridized carbons (Fsp3) is 0. The molecule has 2 nitrogen and oxygen atoms in total. The van der Waals surface area contributed by atoms with Crippen LogP contribution in [0.15, 0.2) is 30.5 Å². The Morgan fingerprint density at radius 3 is 2.87 bits per heavy atom. The zero-order valence-electron chi connectivity index (χ0n) is 7.59. The van der Waals surface area contributed by atoms with Crippen LogP contribution < -0.4 is 0 Å². The largest absolute Gasteiger partial charge is 0.352 e. The van der Waals surface area contributed by atoms with Crippen LogP contribution in [0.1, 0.15) is 0 Å². The Labute approximate surface area is 95.8 Å². The molecule has 1 aromatic carbocycles. The molecule has 3 aromatic rings. The van der Waals surface area contributed by atoms with Gasteiger partial charge in [-0.1, -0.05) is 29.3 Å². The minimum atomic E-state index is 0.472. The number of H-pyrrole nitrogens is 1. The van der Waals surface area contributed by atoms with E-state index >= 15 is 0 Å². The van der Waals surface area contributed by atoms with E-state index in [1.165, 1.54) is 0 Å². The summed E-state index contributed by atoms with van der Waals surface area (Å²) in [6.45, 7) is 0. The minimum absolute atomic E-state index is 0.472. The number of nitrogens with zero attached hydrogens (tertiary/aromatic N) is 1. The number of fused-ring (bicyclic) bond motifs is 3. The number of nitrogens with one attached hydrogen (secondary N) is 1. The Hall–Kier alpha value is -1.25. The molecule has 0 spiro atoms. The van der Waals surface area contributed by atoms with Crippen molar-refractivity contribution < 1.29 is 0 Å². The van der Waals surface area contributed by atoms with E-state index in [0.29, 0.717) is 5.15 Å². The molecule has 3 rings (SSSR count). The van der Waals surface area contributed by atoms with E-state index in [1.807, 2.05) is 24.3 Å². The zero-order chi connectivity index (χ0) is 10.4. The number of benzene rings is 1. The van der Waals surface area contributed by atoms with E-state index in [0.717, 1.165) is 26.8 Å². The second kappa shape index (κ2) is 3.12. The summed E-state index contributed by atoms with van der Waals surface area (Å²) < 4.78 is 0. The highest BCUT2D eigenvalue weighted by Gasteiger charge is 2.09. The van der Waals surface area contributed by atoms with Crippen LogP contribution in [0.5, 0.6) is 0 Å². The number of pyridine rings is 1. The molecule has 1 N–H and O–H groups in total. The van der Waals surface area contributed by atoms with E-state index in [9.17, 15) is 0 Å². The Balaban J connectivity index is 2.65. The lowest BCUT2D eigenvalue weighted by Crippen LogP contribution is -1.74. The van der Waals surface area contributed by atoms with Gasteiger partial charge in [-0.15, -0.1) is 0 Å². The summed E-state index contributed by atoms with van der Waals surface area (Å²) in [5.74, 6) is 0. The van der Waals surface area contributed by atoms with Gasteiger partial charge in [-0.3, -0.25) is 0 Å². The van der Waals surface area contributed by atoms with Gasteiger partial charge < -0.3 is 4.98 Å². The summed E-state index contributed by atoms with van der Waals surface area (Å²) >= 11 is 12.1. The predicted molar refractivity (Wildman–Crippen MR) is 63.6 cm³/mol. The van der Waals surface area contributed by atoms with Crippen molar-refractivity contribution in [2.24, 2.45) is 0 Å². The number of halogens is 2. The van der Waals surface area contributed by atoms with Gasteiger partial charge in [-0.25, -0.2) is 4.98 Å². The number of aromatic amines is 1. The third-order valence-corrected chi connectivity index (χ3v) is 3.05. The Morgan fingerprint density at radius 2 is 2.00 bits per heavy atom. The molecule has 0 fully saturated rings. The Bertz CT molecular complexity index is 658. The van der Waals surface area contributed by atoms with E-state index in [2.05, 4.69) is 9.97 Å². The quantitative estimate of drug-likeness (QED) is 0.587. The lowest BCUT2D eigenvalue weighted by Gasteiger charge is -1.93. The third-order valence-electron chi connectivity index (χ3n) is 2.45. The second-order valence-electron chi connectivity index (χ2n) is 3.31. The van der Waals surface area contributed by atoms with Crippen LogP contribution in [0.3, 0.4) is 0 Å². The first-order valence-corrected chi connectivity index (χ1v) is 5.23. The average Bonchev–Trinajstić information content (AvgIpc) is 2.59. The fourth-order valence-corrected chi connectivity index (χ4v) is 2.28. The molecule has 0 saturated heterocycles. The van der Waals surface area contributed by atoms with Crippen molar-refractivity contribution in [2.45, 2.75) is 0 Å². The van der Waals surface area contributed by atoms with Crippen molar-refractivity contribution in [1.82, 2.24) is 9.97 Å². The van der Waals surface area contributed by atoms with Gasteiger partial charge in [-0.2, -0.15) is 0 Å². The van der Waals surface area contributed by atoms with Crippen molar-refractivity contribution in [3.63, 3.8) is 0 Å². The number of hydrogen-bond acceptors (Lipinski definition) is 1. The van der Waals surface area contributed by atoms with E-state index in [-0.39, 0.29) is 0 Å². The van der Waals surface area contributed by atoms with Gasteiger partial charge in [-0.05, 0) is 18.2 Å². The molecule has 0 aliphatic carbocycles. The van der Waals surface area contributed by atoms with Crippen molar-refractivity contribution in [3.05, 3.63) is 40.6 Å². The fourth-order valence-electron chi connectivity index (χ4n) is 1.80. The van der Waals surface area contributed by atoms with Crippen LogP contribution in [0.2, 0.25) is 10.2 Å². The maximum Gasteiger partial charge on any atom is 0.153 e. The van der Waals surface area contributed by atoms with Gasteiger partial charge in [0.05, 0.1) is 10.5 Å². The normalized spacial score (nSPS) is 11.3. The highest BCUT2D eigenvalue weighted by Crippen LogP contribution is 2.33. The number of aromatic nitrogens is 2. The van der Waals surface area contributed by atoms with E-state index < -0.39 is 0 Å². The maximum absolute atomic E-state index is 6.15. The molecule has 0 atom stereocenters. The molecule has 0 aliphatic heterocycles. The van der Waals surface area contributed by atoms with Gasteiger partial charge in [0.1, 0.15) is 0 Å². The van der Waals surface area contributed by atoms with E-state index in [1.54, 1.807) is 6.20 Å². The Morgan fingerprint density at radius 1 is 1.13 bits per heavy atom. The van der Waals surface area contributed by atoms with Crippen molar-refractivity contribution >= 4 is 45.0 Å². The van der Waals surface area contributed by atoms with Crippen molar-refractivity contribution in [2.75, 3.05) is 0 Å². The van der Waals surface area contributed by atoms with Crippen LogP contribution in [-0.4, -0.2) is 9.97 Å². The van der Waals surface area contributed by atoms with Crippen LogP contribution in [0, 0.1) is 0 Å². The van der Waals surface area contributed by atoms with Crippen molar-refractivity contribution in [3.8, 4) is 0 Å². The van der Waals surface area contributed by atoms with Crippen LogP contribution >= 0.6 is 23.2 Å². The monoisotopic (exact) mass is 236 g/mol. The summed E-state index contributed by atoms with van der Waals surface area (Å²) in [6, 6.07) is 7.65. The highest BCUT2D eigenvalue weighted by molar-refractivity contribution is 6.40. The lowest BCUT2D eigenvalue weighted by molar-refractivity contribution is 1.35. The van der Waals surface area contributed by atoms with Gasteiger partial charge >= 0.3 is 0 Å². The molecule has 2 heterocycles. The topological polar surface area (TPSA) is 28.7 Å². The van der Waals surface area contributed by atoms with Crippen LogP contribution in [-0.2, 0) is 0 Å². The van der Waals surface area contributed by atoms with Crippen molar-refractivity contribution in [1.29, 1.82) is 0 Å². The maximum atomic E-state index is 6.15. The SMILES string of the molecule is Clc1nccc2c1[nH]c1cccc(Cl)c12. The first-order chi connectivity index (χ1) is 7.27. The van der Waals surface area contributed by atoms with Gasteiger partial charge in [0.2, 0.25) is 0 Å². The number of rotatable bonds is 0. The van der Waals surface area contributed by atoms with Gasteiger partial charge in [0, 0.05) is 22.5 Å². The third kappa shape index (κ3) is 1.22. The molecule has 0 bridgehead atoms. The summed E-state index contributed by atoms with van der Waals surface area (Å²) in [7, 11) is 0. The highest BCUT2D eigenvalue weighted by atomic mass is 35.5. The molecule has 0 saturated carbocycles.